The Labute approximate surface area is 227 Å². The van der Waals surface area contributed by atoms with E-state index in [0.29, 0.717) is 6.61 Å². The van der Waals surface area contributed by atoms with Crippen molar-refractivity contribution in [2.24, 2.45) is 0 Å². The Morgan fingerprint density at radius 2 is 1.15 bits per heavy atom. The average Bonchev–Trinajstić information content (AvgIpc) is 2.76. The smallest absolute Gasteiger partial charge is 0.427 e. The first-order valence-electron chi connectivity index (χ1n) is 12.1. The van der Waals surface area contributed by atoms with Gasteiger partial charge in [-0.1, -0.05) is 19.9 Å². The van der Waals surface area contributed by atoms with Crippen LogP contribution in [0.2, 0.25) is 0 Å². The van der Waals surface area contributed by atoms with Crippen molar-refractivity contribution in [2.75, 3.05) is 6.61 Å². The summed E-state index contributed by atoms with van der Waals surface area (Å²) in [6.45, 7) is 10.7. The van der Waals surface area contributed by atoms with E-state index in [4.69, 9.17) is 14.2 Å². The standard InChI is InChI=1S/C16H20F4O2.C12H12F4O2/c1-5-6-7-21-11(2)12-8-13(17)10-14(9-12)22-15(3,4)16(18,19)20;1-7(17)8-4-9(13)6-10(5-8)18-11(2,3)12(14,15)16/h8-10H,2,5-7H2,1,3-4H3;4-6H,1-3H3. The minimum absolute atomic E-state index is 0.0389. The molecule has 40 heavy (non-hydrogen) atoms. The Morgan fingerprint density at radius 1 is 0.750 bits per heavy atom. The molecule has 0 atom stereocenters. The van der Waals surface area contributed by atoms with Gasteiger partial charge < -0.3 is 14.2 Å². The van der Waals surface area contributed by atoms with E-state index >= 15 is 0 Å². The van der Waals surface area contributed by atoms with Gasteiger partial charge in [0.15, 0.2) is 17.0 Å². The van der Waals surface area contributed by atoms with Crippen molar-refractivity contribution < 1.29 is 54.1 Å². The van der Waals surface area contributed by atoms with Crippen LogP contribution in [0.5, 0.6) is 11.5 Å². The van der Waals surface area contributed by atoms with Crippen LogP contribution in [-0.4, -0.2) is 35.9 Å². The molecular weight excluding hydrogens is 552 g/mol. The second kappa shape index (κ2) is 13.4. The van der Waals surface area contributed by atoms with Crippen molar-refractivity contribution in [3.05, 3.63) is 65.7 Å². The molecule has 224 valence electrons. The highest BCUT2D eigenvalue weighted by Crippen LogP contribution is 2.36. The molecule has 12 heteroatoms. The van der Waals surface area contributed by atoms with Gasteiger partial charge in [-0.05, 0) is 65.3 Å². The number of benzene rings is 2. The first kappa shape index (κ1) is 34.7. The maximum atomic E-state index is 13.6. The number of hydrogen-bond donors (Lipinski definition) is 0. The molecule has 2 aromatic carbocycles. The van der Waals surface area contributed by atoms with E-state index in [1.54, 1.807) is 0 Å². The quantitative estimate of drug-likeness (QED) is 0.121. The molecule has 4 nitrogen and oxygen atoms in total. The fraction of sp³-hybridized carbons (Fsp3) is 0.464. The van der Waals surface area contributed by atoms with Crippen molar-refractivity contribution in [2.45, 2.75) is 77.9 Å². The zero-order valence-corrected chi connectivity index (χ0v) is 22.9. The molecule has 0 spiro atoms. The number of Topliss-reactive ketones (excluding diaryl/α,β-unsaturated/α-hetero) is 1. The minimum Gasteiger partial charge on any atom is -0.494 e. The van der Waals surface area contributed by atoms with Crippen LogP contribution in [0.3, 0.4) is 0 Å². The van der Waals surface area contributed by atoms with Crippen LogP contribution >= 0.6 is 0 Å². The van der Waals surface area contributed by atoms with Crippen LogP contribution in [0.1, 0.15) is 70.3 Å². The van der Waals surface area contributed by atoms with E-state index in [9.17, 15) is 39.9 Å². The molecule has 0 fully saturated rings. The third kappa shape index (κ3) is 10.3. The number of carbonyl (C=O) groups is 1. The Kier molecular flexibility index (Phi) is 11.6. The highest BCUT2D eigenvalue weighted by Gasteiger charge is 2.50. The first-order valence-corrected chi connectivity index (χ1v) is 12.1. The monoisotopic (exact) mass is 584 g/mol. The number of unbranched alkanes of at least 4 members (excludes halogenated alkanes) is 1. The van der Waals surface area contributed by atoms with Crippen LogP contribution in [0, 0.1) is 11.6 Å². The molecule has 0 amide bonds. The van der Waals surface area contributed by atoms with Gasteiger partial charge in [-0.15, -0.1) is 0 Å². The molecular formula is C28H32F8O4. The summed E-state index contributed by atoms with van der Waals surface area (Å²) in [6.07, 6.45) is -7.45. The molecule has 0 saturated carbocycles. The van der Waals surface area contributed by atoms with Gasteiger partial charge in [0.05, 0.1) is 6.61 Å². The lowest BCUT2D eigenvalue weighted by Crippen LogP contribution is -2.44. The molecule has 0 aliphatic heterocycles. The molecule has 0 aliphatic rings. The lowest BCUT2D eigenvalue weighted by molar-refractivity contribution is -0.234. The van der Waals surface area contributed by atoms with Crippen molar-refractivity contribution in [3.63, 3.8) is 0 Å². The Morgan fingerprint density at radius 3 is 1.52 bits per heavy atom. The summed E-state index contributed by atoms with van der Waals surface area (Å²) >= 11 is 0. The zero-order valence-electron chi connectivity index (χ0n) is 22.9. The number of carbonyl (C=O) groups excluding carboxylic acids is 1. The zero-order chi connectivity index (χ0) is 31.1. The molecule has 0 unspecified atom stereocenters. The summed E-state index contributed by atoms with van der Waals surface area (Å²) in [5.74, 6) is -2.35. The second-order valence-electron chi connectivity index (χ2n) is 9.75. The number of hydrogen-bond acceptors (Lipinski definition) is 4. The number of rotatable bonds is 10. The van der Waals surface area contributed by atoms with Crippen molar-refractivity contribution in [1.82, 2.24) is 0 Å². The fourth-order valence-electron chi connectivity index (χ4n) is 2.74. The lowest BCUT2D eigenvalue weighted by Gasteiger charge is -2.29. The highest BCUT2D eigenvalue weighted by molar-refractivity contribution is 5.94. The average molecular weight is 585 g/mol. The molecule has 0 N–H and O–H groups in total. The van der Waals surface area contributed by atoms with Crippen molar-refractivity contribution in [1.29, 1.82) is 0 Å². The number of ether oxygens (including phenoxy) is 3. The largest absolute Gasteiger partial charge is 0.494 e. The molecule has 0 radical (unpaired) electrons. The van der Waals surface area contributed by atoms with Gasteiger partial charge in [-0.3, -0.25) is 4.79 Å². The van der Waals surface area contributed by atoms with Gasteiger partial charge in [0.2, 0.25) is 0 Å². The SMILES string of the molecule is C=C(OCCCC)c1cc(F)cc(OC(C)(C)C(F)(F)F)c1.CC(=O)c1cc(F)cc(OC(C)(C)C(F)(F)F)c1. The van der Waals surface area contributed by atoms with Gasteiger partial charge in [0.1, 0.15) is 28.9 Å². The van der Waals surface area contributed by atoms with E-state index in [2.05, 4.69) is 6.58 Å². The van der Waals surface area contributed by atoms with Crippen LogP contribution in [0.15, 0.2) is 43.0 Å². The topological polar surface area (TPSA) is 44.8 Å². The van der Waals surface area contributed by atoms with Gasteiger partial charge in [0, 0.05) is 23.3 Å². The summed E-state index contributed by atoms with van der Waals surface area (Å²) in [7, 11) is 0. The maximum absolute atomic E-state index is 13.6. The summed E-state index contributed by atoms with van der Waals surface area (Å²) in [4.78, 5) is 11.1. The fourth-order valence-corrected chi connectivity index (χ4v) is 2.74. The summed E-state index contributed by atoms with van der Waals surface area (Å²) in [5, 5.41) is 0. The Hall–Kier alpha value is -3.31. The predicted molar refractivity (Wildman–Crippen MR) is 134 cm³/mol. The predicted octanol–water partition coefficient (Wildman–Crippen LogP) is 9.08. The van der Waals surface area contributed by atoms with Crippen molar-refractivity contribution >= 4 is 11.5 Å². The normalized spacial score (nSPS) is 12.2. The molecule has 2 aromatic rings. The van der Waals surface area contributed by atoms with Gasteiger partial charge in [0.25, 0.3) is 0 Å². The summed E-state index contributed by atoms with van der Waals surface area (Å²) in [6, 6.07) is 6.15. The van der Waals surface area contributed by atoms with Crippen molar-refractivity contribution in [3.8, 4) is 11.5 Å². The third-order valence-corrected chi connectivity index (χ3v) is 5.36. The molecule has 0 saturated heterocycles. The number of halogens is 8. The van der Waals surface area contributed by atoms with E-state index < -0.39 is 41.0 Å². The van der Waals surface area contributed by atoms with E-state index in [0.717, 1.165) is 70.9 Å². The van der Waals surface area contributed by atoms with Crippen LogP contribution in [0.4, 0.5) is 35.1 Å². The van der Waals surface area contributed by atoms with E-state index in [1.165, 1.54) is 13.0 Å². The Balaban J connectivity index is 0.000000408. The maximum Gasteiger partial charge on any atom is 0.427 e. The summed E-state index contributed by atoms with van der Waals surface area (Å²) < 4.78 is 118. The van der Waals surface area contributed by atoms with Gasteiger partial charge >= 0.3 is 12.4 Å². The minimum atomic E-state index is -4.60. The first-order chi connectivity index (χ1) is 18.1. The highest BCUT2D eigenvalue weighted by atomic mass is 19.4. The van der Waals surface area contributed by atoms with Crippen LogP contribution in [-0.2, 0) is 4.74 Å². The Bertz CT molecular complexity index is 1170. The molecule has 0 bridgehead atoms. The number of alkyl halides is 6. The summed E-state index contributed by atoms with van der Waals surface area (Å²) in [5.41, 5.74) is -4.68. The third-order valence-electron chi connectivity index (χ3n) is 5.36. The molecule has 0 aromatic heterocycles. The lowest BCUT2D eigenvalue weighted by atomic mass is 10.1. The number of ketones is 1. The molecule has 0 heterocycles. The van der Waals surface area contributed by atoms with Gasteiger partial charge in [-0.25, -0.2) is 8.78 Å². The van der Waals surface area contributed by atoms with E-state index in [-0.39, 0.29) is 28.4 Å². The molecule has 2 rings (SSSR count). The molecule has 0 aliphatic carbocycles. The second-order valence-corrected chi connectivity index (χ2v) is 9.75. The van der Waals surface area contributed by atoms with Crippen LogP contribution in [0.25, 0.3) is 5.76 Å². The van der Waals surface area contributed by atoms with E-state index in [1.807, 2.05) is 6.92 Å². The van der Waals surface area contributed by atoms with Gasteiger partial charge in [-0.2, -0.15) is 26.3 Å². The van der Waals surface area contributed by atoms with Crippen LogP contribution < -0.4 is 9.47 Å².